The van der Waals surface area contributed by atoms with Crippen LogP contribution in [0.2, 0.25) is 0 Å². The Morgan fingerprint density at radius 1 is 1.77 bits per heavy atom. The van der Waals surface area contributed by atoms with Gasteiger partial charge in [-0.3, -0.25) is 0 Å². The summed E-state index contributed by atoms with van der Waals surface area (Å²) < 4.78 is 13.3. The Morgan fingerprint density at radius 3 is 3.08 bits per heavy atom. The lowest BCUT2D eigenvalue weighted by molar-refractivity contribution is 0.321. The van der Waals surface area contributed by atoms with Crippen molar-refractivity contribution in [3.63, 3.8) is 0 Å². The van der Waals surface area contributed by atoms with Crippen molar-refractivity contribution in [2.75, 3.05) is 5.32 Å². The van der Waals surface area contributed by atoms with Crippen LogP contribution in [-0.2, 0) is 0 Å². The van der Waals surface area contributed by atoms with Crippen molar-refractivity contribution in [1.29, 1.82) is 0 Å². The Bertz CT molecular complexity index is 343. The summed E-state index contributed by atoms with van der Waals surface area (Å²) in [6.45, 7) is 1.54. The third-order valence-electron chi connectivity index (χ3n) is 1.36. The first-order chi connectivity index (χ1) is 6.15. The average molecular weight is 248 g/mol. The third-order valence-corrected chi connectivity index (χ3v) is 1.97. The molecule has 0 atom stereocenters. The molecular formula is C7H7BrFN3O. The zero-order valence-corrected chi connectivity index (χ0v) is 8.34. The van der Waals surface area contributed by atoms with Gasteiger partial charge < -0.3 is 10.5 Å². The van der Waals surface area contributed by atoms with Gasteiger partial charge in [0.15, 0.2) is 0 Å². The first-order valence-electron chi connectivity index (χ1n) is 3.40. The summed E-state index contributed by atoms with van der Waals surface area (Å²) >= 11 is 3.10. The van der Waals surface area contributed by atoms with Crippen molar-refractivity contribution in [2.45, 2.75) is 6.92 Å². The highest BCUT2D eigenvalue weighted by molar-refractivity contribution is 9.10. The molecule has 0 saturated carbocycles. The number of hydrogen-bond acceptors (Lipinski definition) is 3. The number of halogens is 2. The van der Waals surface area contributed by atoms with Gasteiger partial charge in [0.1, 0.15) is 18.0 Å². The number of pyridine rings is 1. The molecule has 0 aliphatic heterocycles. The van der Waals surface area contributed by atoms with E-state index in [9.17, 15) is 4.39 Å². The van der Waals surface area contributed by atoms with E-state index in [2.05, 4.69) is 31.4 Å². The first kappa shape index (κ1) is 9.91. The SMILES string of the molecule is Cc1nc(N/C=N/O)c(Br)cc1F. The van der Waals surface area contributed by atoms with Crippen molar-refractivity contribution in [2.24, 2.45) is 5.16 Å². The van der Waals surface area contributed by atoms with Crippen LogP contribution < -0.4 is 5.32 Å². The van der Waals surface area contributed by atoms with Crippen LogP contribution in [0.25, 0.3) is 0 Å². The predicted octanol–water partition coefficient (Wildman–Crippen LogP) is 2.12. The van der Waals surface area contributed by atoms with Crippen LogP contribution in [0.4, 0.5) is 10.2 Å². The van der Waals surface area contributed by atoms with Gasteiger partial charge in [0, 0.05) is 0 Å². The Labute approximate surface area is 82.6 Å². The highest BCUT2D eigenvalue weighted by Crippen LogP contribution is 2.21. The highest BCUT2D eigenvalue weighted by atomic mass is 79.9. The summed E-state index contributed by atoms with van der Waals surface area (Å²) in [4.78, 5) is 3.87. The molecular weight excluding hydrogens is 241 g/mol. The zero-order chi connectivity index (χ0) is 9.84. The van der Waals surface area contributed by atoms with E-state index in [0.29, 0.717) is 10.3 Å². The Morgan fingerprint density at radius 2 is 2.46 bits per heavy atom. The third kappa shape index (κ3) is 2.38. The fourth-order valence-corrected chi connectivity index (χ4v) is 1.15. The van der Waals surface area contributed by atoms with Crippen LogP contribution >= 0.6 is 15.9 Å². The molecule has 0 fully saturated rings. The zero-order valence-electron chi connectivity index (χ0n) is 6.75. The van der Waals surface area contributed by atoms with Gasteiger partial charge in [-0.25, -0.2) is 9.37 Å². The first-order valence-corrected chi connectivity index (χ1v) is 4.19. The maximum absolute atomic E-state index is 12.9. The van der Waals surface area contributed by atoms with Gasteiger partial charge in [0.2, 0.25) is 0 Å². The normalized spacial score (nSPS) is 10.7. The second-order valence-electron chi connectivity index (χ2n) is 2.27. The van der Waals surface area contributed by atoms with Gasteiger partial charge in [-0.05, 0) is 28.9 Å². The molecule has 0 aromatic carbocycles. The summed E-state index contributed by atoms with van der Waals surface area (Å²) in [5.41, 5.74) is 0.275. The van der Waals surface area contributed by atoms with Crippen molar-refractivity contribution in [3.8, 4) is 0 Å². The largest absolute Gasteiger partial charge is 0.410 e. The molecule has 6 heteroatoms. The van der Waals surface area contributed by atoms with Gasteiger partial charge >= 0.3 is 0 Å². The van der Waals surface area contributed by atoms with Gasteiger partial charge in [0.25, 0.3) is 0 Å². The van der Waals surface area contributed by atoms with Crippen LogP contribution in [0, 0.1) is 12.7 Å². The lowest BCUT2D eigenvalue weighted by Crippen LogP contribution is -2.01. The Balaban J connectivity index is 3.01. The summed E-state index contributed by atoms with van der Waals surface area (Å²) in [6.07, 6.45) is 1.05. The molecule has 1 aromatic heterocycles. The number of aryl methyl sites for hydroxylation is 1. The monoisotopic (exact) mass is 247 g/mol. The quantitative estimate of drug-likeness (QED) is 0.365. The van der Waals surface area contributed by atoms with E-state index in [1.165, 1.54) is 6.07 Å². The number of nitrogens with zero attached hydrogens (tertiary/aromatic N) is 2. The minimum Gasteiger partial charge on any atom is -0.410 e. The van der Waals surface area contributed by atoms with Gasteiger partial charge in [-0.2, -0.15) is 0 Å². The fourth-order valence-electron chi connectivity index (χ4n) is 0.750. The topological polar surface area (TPSA) is 57.5 Å². The molecule has 0 radical (unpaired) electrons. The van der Waals surface area contributed by atoms with Gasteiger partial charge in [-0.1, -0.05) is 5.16 Å². The smallest absolute Gasteiger partial charge is 0.146 e. The lowest BCUT2D eigenvalue weighted by Gasteiger charge is -2.03. The molecule has 0 aliphatic carbocycles. The summed E-state index contributed by atoms with van der Waals surface area (Å²) in [5.74, 6) is 0.00932. The standard InChI is InChI=1S/C7H7BrFN3O/c1-4-6(9)2-5(8)7(12-4)10-3-11-13/h2-3,13H,1H3,(H,10,11,12). The predicted molar refractivity (Wildman–Crippen MR) is 50.5 cm³/mol. The summed E-state index contributed by atoms with van der Waals surface area (Å²) in [7, 11) is 0. The molecule has 70 valence electrons. The Kier molecular flexibility index (Phi) is 3.18. The molecule has 0 amide bonds. The van der Waals surface area contributed by atoms with Gasteiger partial charge in [0.05, 0.1) is 10.2 Å². The van der Waals surface area contributed by atoms with Crippen LogP contribution in [0.1, 0.15) is 5.69 Å². The van der Waals surface area contributed by atoms with E-state index >= 15 is 0 Å². The van der Waals surface area contributed by atoms with Crippen molar-refractivity contribution < 1.29 is 9.60 Å². The molecule has 0 saturated heterocycles. The molecule has 0 spiro atoms. The summed E-state index contributed by atoms with van der Waals surface area (Å²) in [6, 6.07) is 1.29. The van der Waals surface area contributed by atoms with E-state index in [-0.39, 0.29) is 5.69 Å². The van der Waals surface area contributed by atoms with Crippen molar-refractivity contribution in [1.82, 2.24) is 4.98 Å². The van der Waals surface area contributed by atoms with E-state index in [1.54, 1.807) is 6.92 Å². The summed E-state index contributed by atoms with van der Waals surface area (Å²) in [5, 5.41) is 13.4. The minimum atomic E-state index is -0.390. The van der Waals surface area contributed by atoms with Crippen LogP contribution in [0.3, 0.4) is 0 Å². The van der Waals surface area contributed by atoms with Gasteiger partial charge in [-0.15, -0.1) is 0 Å². The van der Waals surface area contributed by atoms with E-state index in [0.717, 1.165) is 6.34 Å². The molecule has 2 N–H and O–H groups in total. The van der Waals surface area contributed by atoms with E-state index in [4.69, 9.17) is 5.21 Å². The number of hydrogen-bond donors (Lipinski definition) is 2. The Hall–Kier alpha value is -1.17. The van der Waals surface area contributed by atoms with Crippen LogP contribution in [-0.4, -0.2) is 16.5 Å². The highest BCUT2D eigenvalue weighted by Gasteiger charge is 2.05. The fraction of sp³-hybridized carbons (Fsp3) is 0.143. The van der Waals surface area contributed by atoms with Crippen LogP contribution in [0.15, 0.2) is 15.7 Å². The number of rotatable bonds is 2. The molecule has 0 aliphatic rings. The van der Waals surface area contributed by atoms with E-state index in [1.807, 2.05) is 0 Å². The molecule has 1 heterocycles. The molecule has 1 rings (SSSR count). The maximum Gasteiger partial charge on any atom is 0.146 e. The molecule has 0 bridgehead atoms. The number of oxime groups is 1. The second-order valence-corrected chi connectivity index (χ2v) is 3.13. The lowest BCUT2D eigenvalue weighted by atomic mass is 10.3. The van der Waals surface area contributed by atoms with Crippen molar-refractivity contribution in [3.05, 3.63) is 22.1 Å². The molecule has 0 unspecified atom stereocenters. The molecule has 13 heavy (non-hydrogen) atoms. The molecule has 4 nitrogen and oxygen atoms in total. The second kappa shape index (κ2) is 4.18. The average Bonchev–Trinajstić information content (AvgIpc) is 2.09. The minimum absolute atomic E-state index is 0.275. The molecule has 1 aromatic rings. The van der Waals surface area contributed by atoms with Crippen LogP contribution in [0.5, 0.6) is 0 Å². The number of nitrogens with one attached hydrogen (secondary N) is 1. The maximum atomic E-state index is 12.9. The number of anilines is 1. The van der Waals surface area contributed by atoms with Crippen molar-refractivity contribution >= 4 is 28.1 Å². The van der Waals surface area contributed by atoms with E-state index < -0.39 is 5.82 Å². The number of aromatic nitrogens is 1.